The molecule has 1 N–H and O–H groups in total. The minimum absolute atomic E-state index is 0.120. The maximum Gasteiger partial charge on any atom is 0.344 e. The van der Waals surface area contributed by atoms with Gasteiger partial charge in [0.2, 0.25) is 0 Å². The highest BCUT2D eigenvalue weighted by atomic mass is 16.5. The Labute approximate surface area is 106 Å². The average molecular weight is 248 g/mol. The first-order valence-corrected chi connectivity index (χ1v) is 5.53. The minimum atomic E-state index is -1.03. The Kier molecular flexibility index (Phi) is 4.26. The molecule has 0 spiro atoms. The Hall–Kier alpha value is -2.10. The number of aliphatic carboxylic acids is 1. The molecule has 0 aromatic heterocycles. The van der Waals surface area contributed by atoms with Crippen LogP contribution in [0.1, 0.15) is 29.8 Å². The molecule has 1 aromatic carbocycles. The first-order chi connectivity index (χ1) is 8.32. The molecule has 1 rings (SSSR count). The zero-order valence-electron chi connectivity index (χ0n) is 10.7. The summed E-state index contributed by atoms with van der Waals surface area (Å²) in [6.45, 7) is 8.48. The third-order valence-electron chi connectivity index (χ3n) is 2.49. The van der Waals surface area contributed by atoms with E-state index in [1.165, 1.54) is 6.92 Å². The van der Waals surface area contributed by atoms with Gasteiger partial charge in [-0.25, -0.2) is 4.79 Å². The van der Waals surface area contributed by atoms with Crippen molar-refractivity contribution in [2.45, 2.75) is 26.9 Å². The lowest BCUT2D eigenvalue weighted by molar-refractivity contribution is -0.144. The number of carboxylic acid groups (broad SMARTS) is 1. The zero-order valence-corrected chi connectivity index (χ0v) is 10.7. The molecular weight excluding hydrogens is 232 g/mol. The van der Waals surface area contributed by atoms with Crippen LogP contribution in [-0.4, -0.2) is 23.0 Å². The maximum atomic E-state index is 11.8. The van der Waals surface area contributed by atoms with Gasteiger partial charge in [-0.3, -0.25) is 4.79 Å². The number of benzene rings is 1. The molecule has 1 atom stereocenters. The van der Waals surface area contributed by atoms with Crippen LogP contribution in [0.25, 0.3) is 0 Å². The molecule has 0 aliphatic heterocycles. The Morgan fingerprint density at radius 1 is 1.39 bits per heavy atom. The van der Waals surface area contributed by atoms with Gasteiger partial charge in [-0.2, -0.15) is 0 Å². The fraction of sp³-hybridized carbons (Fsp3) is 0.286. The van der Waals surface area contributed by atoms with Crippen LogP contribution >= 0.6 is 0 Å². The van der Waals surface area contributed by atoms with Crippen molar-refractivity contribution >= 4 is 11.8 Å². The highest BCUT2D eigenvalue weighted by Gasteiger charge is 2.14. The summed E-state index contributed by atoms with van der Waals surface area (Å²) in [6.07, 6.45) is -0.924. The van der Waals surface area contributed by atoms with Crippen LogP contribution in [0.2, 0.25) is 0 Å². The van der Waals surface area contributed by atoms with Crippen LogP contribution in [-0.2, 0) is 4.79 Å². The number of allylic oxidation sites excluding steroid dienone is 1. The van der Waals surface area contributed by atoms with Gasteiger partial charge in [-0.1, -0.05) is 6.58 Å². The average Bonchev–Trinajstić information content (AvgIpc) is 2.28. The van der Waals surface area contributed by atoms with Crippen molar-refractivity contribution in [2.75, 3.05) is 0 Å². The molecular formula is C14H16O4. The third kappa shape index (κ3) is 3.20. The molecule has 0 radical (unpaired) electrons. The Morgan fingerprint density at radius 2 is 2.00 bits per heavy atom. The van der Waals surface area contributed by atoms with E-state index >= 15 is 0 Å². The maximum absolute atomic E-state index is 11.8. The highest BCUT2D eigenvalue weighted by Crippen LogP contribution is 2.20. The van der Waals surface area contributed by atoms with Crippen LogP contribution in [0.4, 0.5) is 0 Å². The monoisotopic (exact) mass is 248 g/mol. The van der Waals surface area contributed by atoms with Crippen molar-refractivity contribution < 1.29 is 19.4 Å². The highest BCUT2D eigenvalue weighted by molar-refractivity contribution is 6.08. The zero-order chi connectivity index (χ0) is 13.9. The number of rotatable bonds is 5. The smallest absolute Gasteiger partial charge is 0.344 e. The molecule has 0 saturated carbocycles. The molecule has 0 amide bonds. The Balaban J connectivity index is 2.96. The van der Waals surface area contributed by atoms with Gasteiger partial charge in [0.1, 0.15) is 5.75 Å². The number of ketones is 1. The standard InChI is InChI=1S/C14H16O4/c1-8(2)13(15)12-6-5-11(7-9(12)3)18-10(4)14(16)17/h5-7,10H,1H2,2-4H3,(H,16,17). The Morgan fingerprint density at radius 3 is 2.44 bits per heavy atom. The number of aryl methyl sites for hydroxylation is 1. The van der Waals surface area contributed by atoms with E-state index in [-0.39, 0.29) is 5.78 Å². The van der Waals surface area contributed by atoms with Crippen LogP contribution in [0.5, 0.6) is 5.75 Å². The first kappa shape index (κ1) is 14.0. The van der Waals surface area contributed by atoms with Crippen molar-refractivity contribution in [3.63, 3.8) is 0 Å². The number of carboxylic acids is 1. The van der Waals surface area contributed by atoms with Gasteiger partial charge in [0.15, 0.2) is 11.9 Å². The summed E-state index contributed by atoms with van der Waals surface area (Å²) in [4.78, 5) is 22.4. The molecule has 0 bridgehead atoms. The fourth-order valence-electron chi connectivity index (χ4n) is 1.45. The molecule has 0 aliphatic rings. The number of hydrogen-bond acceptors (Lipinski definition) is 3. The first-order valence-electron chi connectivity index (χ1n) is 5.53. The third-order valence-corrected chi connectivity index (χ3v) is 2.49. The van der Waals surface area contributed by atoms with E-state index < -0.39 is 12.1 Å². The van der Waals surface area contributed by atoms with Gasteiger partial charge in [0, 0.05) is 5.56 Å². The number of hydrogen-bond donors (Lipinski definition) is 1. The molecule has 18 heavy (non-hydrogen) atoms. The van der Waals surface area contributed by atoms with E-state index in [2.05, 4.69) is 6.58 Å². The topological polar surface area (TPSA) is 63.6 Å². The fourth-order valence-corrected chi connectivity index (χ4v) is 1.45. The molecule has 0 aliphatic carbocycles. The van der Waals surface area contributed by atoms with Crippen molar-refractivity contribution in [2.24, 2.45) is 0 Å². The lowest BCUT2D eigenvalue weighted by atomic mass is 10.0. The van der Waals surface area contributed by atoms with Gasteiger partial charge in [-0.05, 0) is 50.1 Å². The molecule has 4 nitrogen and oxygen atoms in total. The SMILES string of the molecule is C=C(C)C(=O)c1ccc(OC(C)C(=O)O)cc1C. The van der Waals surface area contributed by atoms with E-state index in [0.717, 1.165) is 5.56 Å². The number of Topliss-reactive ketones (excluding diaryl/α,β-unsaturated/α-hetero) is 1. The summed E-state index contributed by atoms with van der Waals surface area (Å²) >= 11 is 0. The number of ether oxygens (including phenoxy) is 1. The quantitative estimate of drug-likeness (QED) is 0.642. The van der Waals surface area contributed by atoms with Gasteiger partial charge in [-0.15, -0.1) is 0 Å². The van der Waals surface area contributed by atoms with E-state index in [0.29, 0.717) is 16.9 Å². The van der Waals surface area contributed by atoms with E-state index in [9.17, 15) is 9.59 Å². The van der Waals surface area contributed by atoms with Gasteiger partial charge in [0.05, 0.1) is 0 Å². The number of carbonyl (C=O) groups is 2. The number of carbonyl (C=O) groups excluding carboxylic acids is 1. The molecule has 0 saturated heterocycles. The molecule has 1 unspecified atom stereocenters. The van der Waals surface area contributed by atoms with Crippen molar-refractivity contribution in [3.8, 4) is 5.75 Å². The summed E-state index contributed by atoms with van der Waals surface area (Å²) in [7, 11) is 0. The summed E-state index contributed by atoms with van der Waals surface area (Å²) in [6, 6.07) is 4.86. The van der Waals surface area contributed by atoms with Crippen molar-refractivity contribution in [3.05, 3.63) is 41.5 Å². The summed E-state index contributed by atoms with van der Waals surface area (Å²) < 4.78 is 5.22. The molecule has 0 fully saturated rings. The van der Waals surface area contributed by atoms with E-state index in [4.69, 9.17) is 9.84 Å². The summed E-state index contributed by atoms with van der Waals surface area (Å²) in [5.74, 6) is -0.722. The summed E-state index contributed by atoms with van der Waals surface area (Å²) in [5, 5.41) is 8.74. The second-order valence-corrected chi connectivity index (χ2v) is 4.18. The molecule has 0 heterocycles. The molecule has 1 aromatic rings. The van der Waals surface area contributed by atoms with E-state index in [1.807, 2.05) is 0 Å². The predicted octanol–water partition coefficient (Wildman–Crippen LogP) is 2.61. The van der Waals surface area contributed by atoms with Gasteiger partial charge >= 0.3 is 5.97 Å². The van der Waals surface area contributed by atoms with Crippen molar-refractivity contribution in [1.82, 2.24) is 0 Å². The predicted molar refractivity (Wildman–Crippen MR) is 68.0 cm³/mol. The summed E-state index contributed by atoms with van der Waals surface area (Å²) in [5.41, 5.74) is 1.75. The van der Waals surface area contributed by atoms with E-state index in [1.54, 1.807) is 32.0 Å². The van der Waals surface area contributed by atoms with Crippen LogP contribution < -0.4 is 4.74 Å². The molecule has 96 valence electrons. The normalized spacial score (nSPS) is 11.7. The lowest BCUT2D eigenvalue weighted by Gasteiger charge is -2.12. The van der Waals surface area contributed by atoms with Crippen LogP contribution in [0.15, 0.2) is 30.4 Å². The molecule has 4 heteroatoms. The second-order valence-electron chi connectivity index (χ2n) is 4.18. The minimum Gasteiger partial charge on any atom is -0.479 e. The second kappa shape index (κ2) is 5.49. The van der Waals surface area contributed by atoms with Crippen LogP contribution in [0.3, 0.4) is 0 Å². The van der Waals surface area contributed by atoms with Gasteiger partial charge in [0.25, 0.3) is 0 Å². The lowest BCUT2D eigenvalue weighted by Crippen LogP contribution is -2.22. The van der Waals surface area contributed by atoms with Gasteiger partial charge < -0.3 is 9.84 Å². The van der Waals surface area contributed by atoms with Crippen LogP contribution in [0, 0.1) is 6.92 Å². The van der Waals surface area contributed by atoms with Crippen molar-refractivity contribution in [1.29, 1.82) is 0 Å². The largest absolute Gasteiger partial charge is 0.479 e. The Bertz CT molecular complexity index is 503.